The van der Waals surface area contributed by atoms with Gasteiger partial charge in [0.2, 0.25) is 0 Å². The first-order valence-corrected chi connectivity index (χ1v) is 8.40. The topological polar surface area (TPSA) is 12.0 Å². The van der Waals surface area contributed by atoms with Gasteiger partial charge < -0.3 is 5.32 Å². The molecule has 3 unspecified atom stereocenters. The van der Waals surface area contributed by atoms with Crippen LogP contribution in [0.15, 0.2) is 18.2 Å². The first-order valence-electron chi connectivity index (χ1n) is 7.64. The zero-order valence-electron chi connectivity index (χ0n) is 12.6. The van der Waals surface area contributed by atoms with Crippen molar-refractivity contribution in [3.63, 3.8) is 0 Å². The summed E-state index contributed by atoms with van der Waals surface area (Å²) in [4.78, 5) is 0. The summed E-state index contributed by atoms with van der Waals surface area (Å²) in [7, 11) is 0. The lowest BCUT2D eigenvalue weighted by Crippen LogP contribution is -2.42. The zero-order valence-corrected chi connectivity index (χ0v) is 14.1. The van der Waals surface area contributed by atoms with Crippen molar-refractivity contribution in [3.05, 3.63) is 33.8 Å². The van der Waals surface area contributed by atoms with E-state index in [1.165, 1.54) is 19.3 Å². The average molecular weight is 314 g/mol. The van der Waals surface area contributed by atoms with Crippen molar-refractivity contribution in [1.29, 1.82) is 0 Å². The first kappa shape index (κ1) is 16.1. The Morgan fingerprint density at radius 3 is 2.70 bits per heavy atom. The van der Waals surface area contributed by atoms with Crippen molar-refractivity contribution < 1.29 is 0 Å². The zero-order chi connectivity index (χ0) is 14.7. The molecular weight excluding hydrogens is 289 g/mol. The van der Waals surface area contributed by atoms with E-state index in [0.29, 0.717) is 6.04 Å². The molecule has 112 valence electrons. The molecule has 1 aromatic rings. The fourth-order valence-corrected chi connectivity index (χ4v) is 3.74. The van der Waals surface area contributed by atoms with E-state index >= 15 is 0 Å². The lowest BCUT2D eigenvalue weighted by atomic mass is 9.74. The van der Waals surface area contributed by atoms with Crippen LogP contribution in [0.25, 0.3) is 0 Å². The Morgan fingerprint density at radius 1 is 1.25 bits per heavy atom. The molecule has 0 radical (unpaired) electrons. The van der Waals surface area contributed by atoms with Gasteiger partial charge in [-0.25, -0.2) is 0 Å². The maximum absolute atomic E-state index is 6.24. The Hall–Kier alpha value is -0.240. The van der Waals surface area contributed by atoms with Crippen molar-refractivity contribution in [1.82, 2.24) is 5.32 Å². The highest BCUT2D eigenvalue weighted by Gasteiger charge is 2.30. The smallest absolute Gasteiger partial charge is 0.0451 e. The van der Waals surface area contributed by atoms with Crippen molar-refractivity contribution in [3.8, 4) is 0 Å². The molecule has 1 fully saturated rings. The Kier molecular flexibility index (Phi) is 5.77. The van der Waals surface area contributed by atoms with Crippen molar-refractivity contribution in [2.45, 2.75) is 52.6 Å². The number of hydrogen-bond donors (Lipinski definition) is 1. The molecule has 0 spiro atoms. The average Bonchev–Trinajstić information content (AvgIpc) is 2.39. The van der Waals surface area contributed by atoms with Crippen LogP contribution in [0.2, 0.25) is 10.0 Å². The molecule has 1 nitrogen and oxygen atoms in total. The molecule has 0 aromatic heterocycles. The largest absolute Gasteiger partial charge is 0.310 e. The summed E-state index contributed by atoms with van der Waals surface area (Å²) in [6, 6.07) is 6.28. The molecule has 2 rings (SSSR count). The van der Waals surface area contributed by atoms with Crippen LogP contribution in [0.1, 0.15) is 45.6 Å². The number of halogens is 2. The minimum absolute atomic E-state index is 0.591. The summed E-state index contributed by atoms with van der Waals surface area (Å²) >= 11 is 12.3. The lowest BCUT2D eigenvalue weighted by molar-refractivity contribution is 0.169. The molecule has 1 saturated carbocycles. The van der Waals surface area contributed by atoms with E-state index in [2.05, 4.69) is 26.1 Å². The second kappa shape index (κ2) is 7.15. The van der Waals surface area contributed by atoms with E-state index < -0.39 is 0 Å². The highest BCUT2D eigenvalue weighted by atomic mass is 35.5. The minimum atomic E-state index is 0.591. The summed E-state index contributed by atoms with van der Waals surface area (Å²) in [5.41, 5.74) is 1.10. The molecule has 0 heterocycles. The van der Waals surface area contributed by atoms with Crippen molar-refractivity contribution in [2.75, 3.05) is 0 Å². The van der Waals surface area contributed by atoms with Crippen LogP contribution in [0.3, 0.4) is 0 Å². The van der Waals surface area contributed by atoms with Crippen LogP contribution < -0.4 is 5.32 Å². The van der Waals surface area contributed by atoms with Crippen LogP contribution in [-0.4, -0.2) is 6.04 Å². The van der Waals surface area contributed by atoms with E-state index in [4.69, 9.17) is 23.2 Å². The first-order chi connectivity index (χ1) is 9.47. The lowest BCUT2D eigenvalue weighted by Gasteiger charge is -2.38. The third kappa shape index (κ3) is 4.13. The molecule has 1 aromatic carbocycles. The molecule has 0 bridgehead atoms. The van der Waals surface area contributed by atoms with E-state index in [1.54, 1.807) is 0 Å². The highest BCUT2D eigenvalue weighted by molar-refractivity contribution is 6.33. The van der Waals surface area contributed by atoms with Gasteiger partial charge >= 0.3 is 0 Å². The highest BCUT2D eigenvalue weighted by Crippen LogP contribution is 2.33. The third-order valence-electron chi connectivity index (χ3n) is 4.58. The Bertz CT molecular complexity index is 445. The number of nitrogens with one attached hydrogen (secondary N) is 1. The molecule has 0 amide bonds. The standard InChI is InChI=1S/C17H25Cl2N/c1-11(2)15-6-4-12(3)8-17(15)20-10-13-9-14(18)5-7-16(13)19/h5,7,9,11-12,15,17,20H,4,6,8,10H2,1-3H3. The Morgan fingerprint density at radius 2 is 2.00 bits per heavy atom. The predicted molar refractivity (Wildman–Crippen MR) is 88.4 cm³/mol. The van der Waals surface area contributed by atoms with Gasteiger partial charge in [0.15, 0.2) is 0 Å². The summed E-state index contributed by atoms with van der Waals surface area (Å²) in [5.74, 6) is 2.32. The fraction of sp³-hybridized carbons (Fsp3) is 0.647. The summed E-state index contributed by atoms with van der Waals surface area (Å²) < 4.78 is 0. The number of rotatable bonds is 4. The third-order valence-corrected chi connectivity index (χ3v) is 5.19. The van der Waals surface area contributed by atoms with E-state index in [-0.39, 0.29) is 0 Å². The van der Waals surface area contributed by atoms with Gasteiger partial charge in [-0.2, -0.15) is 0 Å². The predicted octanol–water partition coefficient (Wildman–Crippen LogP) is 5.54. The quantitative estimate of drug-likeness (QED) is 0.769. The minimum Gasteiger partial charge on any atom is -0.310 e. The Balaban J connectivity index is 2.01. The van der Waals surface area contributed by atoms with Crippen LogP contribution in [0.4, 0.5) is 0 Å². The molecule has 1 N–H and O–H groups in total. The van der Waals surface area contributed by atoms with Crippen LogP contribution in [0, 0.1) is 17.8 Å². The summed E-state index contributed by atoms with van der Waals surface area (Å²) in [5, 5.41) is 5.28. The normalized spacial score (nSPS) is 27.0. The van der Waals surface area contributed by atoms with E-state index in [9.17, 15) is 0 Å². The summed E-state index contributed by atoms with van der Waals surface area (Å²) in [6.45, 7) is 7.83. The molecule has 0 aliphatic heterocycles. The second-order valence-corrected chi connectivity index (χ2v) is 7.39. The molecular formula is C17H25Cl2N. The van der Waals surface area contributed by atoms with Gasteiger partial charge in [-0.1, -0.05) is 50.4 Å². The SMILES string of the molecule is CC1CCC(C(C)C)C(NCc2cc(Cl)ccc2Cl)C1. The molecule has 0 saturated heterocycles. The molecule has 1 aliphatic rings. The summed E-state index contributed by atoms with van der Waals surface area (Å²) in [6.07, 6.45) is 3.96. The second-order valence-electron chi connectivity index (χ2n) is 6.55. The van der Waals surface area contributed by atoms with Gasteiger partial charge in [-0.05, 0) is 54.4 Å². The van der Waals surface area contributed by atoms with Gasteiger partial charge in [0.25, 0.3) is 0 Å². The van der Waals surface area contributed by atoms with E-state index in [0.717, 1.165) is 39.9 Å². The van der Waals surface area contributed by atoms with Gasteiger partial charge in [0.05, 0.1) is 0 Å². The molecule has 3 heteroatoms. The van der Waals surface area contributed by atoms with Gasteiger partial charge in [-0.3, -0.25) is 0 Å². The van der Waals surface area contributed by atoms with Gasteiger partial charge in [-0.15, -0.1) is 0 Å². The number of hydrogen-bond acceptors (Lipinski definition) is 1. The van der Waals surface area contributed by atoms with Crippen LogP contribution >= 0.6 is 23.2 Å². The maximum atomic E-state index is 6.24. The Labute approximate surface area is 133 Å². The monoisotopic (exact) mass is 313 g/mol. The molecule has 1 aliphatic carbocycles. The molecule has 3 atom stereocenters. The van der Waals surface area contributed by atoms with Gasteiger partial charge in [0.1, 0.15) is 0 Å². The van der Waals surface area contributed by atoms with Crippen molar-refractivity contribution >= 4 is 23.2 Å². The van der Waals surface area contributed by atoms with Crippen molar-refractivity contribution in [2.24, 2.45) is 17.8 Å². The van der Waals surface area contributed by atoms with E-state index in [1.807, 2.05) is 18.2 Å². The molecule has 20 heavy (non-hydrogen) atoms. The maximum Gasteiger partial charge on any atom is 0.0451 e. The van der Waals surface area contributed by atoms with Gasteiger partial charge in [0, 0.05) is 22.6 Å². The van der Waals surface area contributed by atoms with Crippen LogP contribution in [0.5, 0.6) is 0 Å². The fourth-order valence-electron chi connectivity index (χ4n) is 3.36. The number of benzene rings is 1. The van der Waals surface area contributed by atoms with Crippen LogP contribution in [-0.2, 0) is 6.54 Å².